The van der Waals surface area contributed by atoms with Crippen LogP contribution in [0.5, 0.6) is 0 Å². The molecule has 0 atom stereocenters. The molecule has 2 heterocycles. The highest BCUT2D eigenvalue weighted by molar-refractivity contribution is 5.73. The molecule has 0 unspecified atom stereocenters. The van der Waals surface area contributed by atoms with Gasteiger partial charge in [-0.25, -0.2) is 0 Å². The minimum Gasteiger partial charge on any atom is -0.401 e. The van der Waals surface area contributed by atoms with Gasteiger partial charge in [-0.1, -0.05) is 12.1 Å². The first-order valence-electron chi connectivity index (χ1n) is 6.77. The normalized spacial score (nSPS) is 10.3. The number of anilines is 1. The molecule has 0 saturated carbocycles. The quantitative estimate of drug-likeness (QED) is 0.431. The van der Waals surface area contributed by atoms with Crippen molar-refractivity contribution in [1.82, 2.24) is 4.98 Å². The molecule has 0 radical (unpaired) electrons. The highest BCUT2D eigenvalue weighted by atomic mass is 16.6. The molecule has 118 valence electrons. The zero-order valence-corrected chi connectivity index (χ0v) is 12.1. The summed E-state index contributed by atoms with van der Waals surface area (Å²) in [6.45, 7) is 0. The number of hydrogen-bond acceptors (Lipinski definition) is 6. The molecular weight excluding hydrogens is 312 g/mol. The molecule has 3 aromatic rings. The third kappa shape index (κ3) is 2.62. The van der Waals surface area contributed by atoms with Crippen LogP contribution in [0.2, 0.25) is 0 Å². The van der Waals surface area contributed by atoms with Gasteiger partial charge in [-0.3, -0.25) is 14.9 Å². The van der Waals surface area contributed by atoms with Crippen LogP contribution in [0.1, 0.15) is 5.56 Å². The first-order valence-corrected chi connectivity index (χ1v) is 6.77. The second-order valence-corrected chi connectivity index (χ2v) is 4.93. The summed E-state index contributed by atoms with van der Waals surface area (Å²) in [5.74, 6) is -0.399. The molecule has 0 aliphatic carbocycles. The summed E-state index contributed by atoms with van der Waals surface area (Å²) in [5.41, 5.74) is 6.71. The smallest absolute Gasteiger partial charge is 0.401 e. The van der Waals surface area contributed by atoms with Crippen LogP contribution in [-0.4, -0.2) is 9.91 Å². The number of aromatic nitrogens is 1. The Bertz CT molecular complexity index is 1030. The SMILES string of the molecule is N#Cc1c(-c2ccc([N+](=O)[O-])o2)cc(-c2ccc(N)cc2)[nH]c1=O. The molecule has 2 aromatic heterocycles. The van der Waals surface area contributed by atoms with Crippen molar-refractivity contribution in [2.75, 3.05) is 5.73 Å². The van der Waals surface area contributed by atoms with E-state index in [9.17, 15) is 20.2 Å². The maximum Gasteiger partial charge on any atom is 0.433 e. The van der Waals surface area contributed by atoms with Gasteiger partial charge < -0.3 is 15.1 Å². The summed E-state index contributed by atoms with van der Waals surface area (Å²) in [6, 6.07) is 12.6. The Morgan fingerprint density at radius 3 is 2.50 bits per heavy atom. The molecule has 24 heavy (non-hydrogen) atoms. The van der Waals surface area contributed by atoms with Crippen molar-refractivity contribution in [2.24, 2.45) is 0 Å². The number of nitrogen functional groups attached to an aromatic ring is 1. The predicted molar refractivity (Wildman–Crippen MR) is 86.0 cm³/mol. The van der Waals surface area contributed by atoms with Crippen molar-refractivity contribution in [1.29, 1.82) is 5.26 Å². The molecule has 0 bridgehead atoms. The highest BCUT2D eigenvalue weighted by Crippen LogP contribution is 2.30. The van der Waals surface area contributed by atoms with Crippen molar-refractivity contribution in [3.05, 3.63) is 68.5 Å². The minimum absolute atomic E-state index is 0.0704. The van der Waals surface area contributed by atoms with Gasteiger partial charge in [0.05, 0.1) is 6.07 Å². The Balaban J connectivity index is 2.20. The predicted octanol–water partition coefficient (Wildman–Crippen LogP) is 2.66. The Morgan fingerprint density at radius 2 is 1.92 bits per heavy atom. The van der Waals surface area contributed by atoms with Crippen molar-refractivity contribution >= 4 is 11.6 Å². The van der Waals surface area contributed by atoms with Gasteiger partial charge in [0, 0.05) is 16.9 Å². The van der Waals surface area contributed by atoms with E-state index in [0.29, 0.717) is 16.9 Å². The van der Waals surface area contributed by atoms with Gasteiger partial charge in [0.15, 0.2) is 0 Å². The van der Waals surface area contributed by atoms with Gasteiger partial charge in [-0.15, -0.1) is 0 Å². The molecule has 0 fully saturated rings. The number of aromatic amines is 1. The molecule has 3 N–H and O–H groups in total. The second kappa shape index (κ2) is 5.73. The van der Waals surface area contributed by atoms with Crippen LogP contribution in [-0.2, 0) is 0 Å². The number of benzene rings is 1. The number of nitro groups is 1. The molecular formula is C16H10N4O4. The largest absolute Gasteiger partial charge is 0.433 e. The minimum atomic E-state index is -0.691. The van der Waals surface area contributed by atoms with Crippen LogP contribution in [0.25, 0.3) is 22.6 Å². The Kier molecular flexibility index (Phi) is 3.60. The van der Waals surface area contributed by atoms with Gasteiger partial charge in [-0.05, 0) is 29.8 Å². The fraction of sp³-hybridized carbons (Fsp3) is 0. The number of nitrogens with two attached hydrogens (primary N) is 1. The average molecular weight is 322 g/mol. The van der Waals surface area contributed by atoms with E-state index < -0.39 is 16.4 Å². The van der Waals surface area contributed by atoms with Crippen LogP contribution >= 0.6 is 0 Å². The third-order valence-corrected chi connectivity index (χ3v) is 3.40. The summed E-state index contributed by atoms with van der Waals surface area (Å²) in [7, 11) is 0. The average Bonchev–Trinajstić information content (AvgIpc) is 3.05. The van der Waals surface area contributed by atoms with Crippen molar-refractivity contribution in [3.63, 3.8) is 0 Å². The standard InChI is InChI=1S/C16H10N4O4/c17-8-12-11(14-5-6-15(24-14)20(22)23)7-13(19-16(12)21)9-1-3-10(18)4-2-9/h1-7H,18H2,(H,19,21). The monoisotopic (exact) mass is 322 g/mol. The first kappa shape index (κ1) is 15.1. The number of rotatable bonds is 3. The second-order valence-electron chi connectivity index (χ2n) is 4.93. The number of H-pyrrole nitrogens is 1. The lowest BCUT2D eigenvalue weighted by molar-refractivity contribution is -0.401. The molecule has 0 aliphatic heterocycles. The number of nitrogens with one attached hydrogen (secondary N) is 1. The molecule has 3 rings (SSSR count). The molecule has 1 aromatic carbocycles. The van der Waals surface area contributed by atoms with E-state index in [1.165, 1.54) is 18.2 Å². The Labute approximate surface area is 134 Å². The lowest BCUT2D eigenvalue weighted by atomic mass is 10.0. The van der Waals surface area contributed by atoms with E-state index in [1.807, 2.05) is 0 Å². The maximum absolute atomic E-state index is 12.2. The van der Waals surface area contributed by atoms with E-state index in [0.717, 1.165) is 0 Å². The maximum atomic E-state index is 12.2. The number of hydrogen-bond donors (Lipinski definition) is 2. The fourth-order valence-corrected chi connectivity index (χ4v) is 2.25. The van der Waals surface area contributed by atoms with Gasteiger partial charge in [0.2, 0.25) is 0 Å². The lowest BCUT2D eigenvalue weighted by Gasteiger charge is -2.06. The number of pyridine rings is 1. The van der Waals surface area contributed by atoms with E-state index in [1.54, 1.807) is 30.3 Å². The van der Waals surface area contributed by atoms with E-state index in [-0.39, 0.29) is 16.9 Å². The molecule has 0 amide bonds. The molecule has 8 nitrogen and oxygen atoms in total. The first-order chi connectivity index (χ1) is 11.5. The van der Waals surface area contributed by atoms with Crippen LogP contribution in [0.15, 0.2) is 51.7 Å². The Hall–Kier alpha value is -3.86. The number of furan rings is 1. The molecule has 0 saturated heterocycles. The van der Waals surface area contributed by atoms with Gasteiger partial charge in [0.25, 0.3) is 5.56 Å². The van der Waals surface area contributed by atoms with Gasteiger partial charge >= 0.3 is 5.88 Å². The van der Waals surface area contributed by atoms with Crippen LogP contribution in [0, 0.1) is 21.4 Å². The van der Waals surface area contributed by atoms with E-state index in [4.69, 9.17) is 10.2 Å². The lowest BCUT2D eigenvalue weighted by Crippen LogP contribution is -2.12. The summed E-state index contributed by atoms with van der Waals surface area (Å²) in [5, 5.41) is 20.0. The van der Waals surface area contributed by atoms with E-state index in [2.05, 4.69) is 4.98 Å². The van der Waals surface area contributed by atoms with Crippen molar-refractivity contribution < 1.29 is 9.34 Å². The van der Waals surface area contributed by atoms with Crippen LogP contribution in [0.4, 0.5) is 11.6 Å². The molecule has 0 spiro atoms. The summed E-state index contributed by atoms with van der Waals surface area (Å²) in [6.07, 6.45) is 0. The fourth-order valence-electron chi connectivity index (χ4n) is 2.25. The van der Waals surface area contributed by atoms with Crippen LogP contribution < -0.4 is 11.3 Å². The highest BCUT2D eigenvalue weighted by Gasteiger charge is 2.18. The van der Waals surface area contributed by atoms with Crippen molar-refractivity contribution in [3.8, 4) is 28.7 Å². The summed E-state index contributed by atoms with van der Waals surface area (Å²) >= 11 is 0. The van der Waals surface area contributed by atoms with Crippen molar-refractivity contribution in [2.45, 2.75) is 0 Å². The number of nitrogens with zero attached hydrogens (tertiary/aromatic N) is 2. The van der Waals surface area contributed by atoms with Gasteiger partial charge in [0.1, 0.15) is 22.3 Å². The topological polar surface area (TPSA) is 139 Å². The molecule has 8 heteroatoms. The summed E-state index contributed by atoms with van der Waals surface area (Å²) in [4.78, 5) is 24.8. The van der Waals surface area contributed by atoms with E-state index >= 15 is 0 Å². The zero-order chi connectivity index (χ0) is 17.3. The zero-order valence-electron chi connectivity index (χ0n) is 12.1. The van der Waals surface area contributed by atoms with Gasteiger partial charge in [-0.2, -0.15) is 5.26 Å². The number of nitriles is 1. The Morgan fingerprint density at radius 1 is 1.21 bits per heavy atom. The van der Waals surface area contributed by atoms with Crippen LogP contribution in [0.3, 0.4) is 0 Å². The third-order valence-electron chi connectivity index (χ3n) is 3.40. The molecule has 0 aliphatic rings. The summed E-state index contributed by atoms with van der Waals surface area (Å²) < 4.78 is 5.12.